The van der Waals surface area contributed by atoms with E-state index in [4.69, 9.17) is 0 Å². The van der Waals surface area contributed by atoms with Gasteiger partial charge in [-0.1, -0.05) is 120 Å². The van der Waals surface area contributed by atoms with Crippen LogP contribution in [-0.4, -0.2) is 8.42 Å². The lowest BCUT2D eigenvalue weighted by Crippen LogP contribution is -2.12. The van der Waals surface area contributed by atoms with Crippen molar-refractivity contribution in [3.8, 4) is 0 Å². The molecule has 0 fully saturated rings. The summed E-state index contributed by atoms with van der Waals surface area (Å²) in [4.78, 5) is 0.551. The van der Waals surface area contributed by atoms with E-state index in [0.717, 1.165) is 11.1 Å². The van der Waals surface area contributed by atoms with Gasteiger partial charge in [-0.2, -0.15) is 0 Å². The highest BCUT2D eigenvalue weighted by Crippen LogP contribution is 2.48. The van der Waals surface area contributed by atoms with Crippen LogP contribution in [0.25, 0.3) is 0 Å². The van der Waals surface area contributed by atoms with Crippen molar-refractivity contribution in [1.82, 2.24) is 0 Å². The Morgan fingerprint density at radius 3 is 1.28 bits per heavy atom. The first-order chi connectivity index (χ1) is 11.3. The van der Waals surface area contributed by atoms with Gasteiger partial charge in [0.1, 0.15) is 0 Å². The number of rotatable bonds is 2. The van der Waals surface area contributed by atoms with Crippen LogP contribution in [0.4, 0.5) is 0 Å². The van der Waals surface area contributed by atoms with Crippen LogP contribution in [0, 0.1) is 13.8 Å². The quantitative estimate of drug-likeness (QED) is 0.295. The van der Waals surface area contributed by atoms with Crippen LogP contribution in [0.1, 0.15) is 22.3 Å². The number of hydrogen-bond acceptors (Lipinski definition) is 2. The van der Waals surface area contributed by atoms with Crippen LogP contribution in [0.2, 0.25) is 0 Å². The second-order valence-corrected chi connectivity index (χ2v) is 20.8. The molecule has 136 valence electrons. The normalized spacial score (nSPS) is 13.1. The molecule has 0 aliphatic heterocycles. The summed E-state index contributed by atoms with van der Waals surface area (Å²) in [5, 5.41) is 0. The maximum atomic E-state index is 13.3. The van der Waals surface area contributed by atoms with E-state index in [1.165, 1.54) is 0 Å². The van der Waals surface area contributed by atoms with E-state index in [1.54, 1.807) is 38.1 Å². The Morgan fingerprint density at radius 1 is 0.680 bits per heavy atom. The molecule has 0 aliphatic rings. The Balaban J connectivity index is 2.74. The summed E-state index contributed by atoms with van der Waals surface area (Å²) in [5.74, 6) is 0. The zero-order valence-electron chi connectivity index (χ0n) is 13.0. The smallest absolute Gasteiger partial charge is 0.207 e. The molecule has 2 rings (SSSR count). The fourth-order valence-corrected chi connectivity index (χ4v) is 6.90. The summed E-state index contributed by atoms with van der Waals surface area (Å²) in [6, 6.07) is 10.4. The molecule has 2 nitrogen and oxygen atoms in total. The molecular weight excluding hydrogens is 736 g/mol. The third kappa shape index (κ3) is 4.82. The molecule has 0 spiro atoms. The van der Waals surface area contributed by atoms with Crippen molar-refractivity contribution in [2.75, 3.05) is 0 Å². The monoisotopic (exact) mass is 742 g/mol. The van der Waals surface area contributed by atoms with Crippen molar-refractivity contribution < 1.29 is 8.42 Å². The van der Waals surface area contributed by atoms with Crippen molar-refractivity contribution in [3.05, 3.63) is 58.7 Å². The second kappa shape index (κ2) is 7.95. The summed E-state index contributed by atoms with van der Waals surface area (Å²) < 4.78 is 25.3. The average Bonchev–Trinajstić information content (AvgIpc) is 2.44. The van der Waals surface area contributed by atoms with Crippen LogP contribution >= 0.6 is 95.6 Å². The van der Waals surface area contributed by atoms with Gasteiger partial charge in [0.15, 0.2) is 4.29 Å². The highest BCUT2D eigenvalue weighted by atomic mass is 80.0. The molecule has 0 bridgehead atoms. The van der Waals surface area contributed by atoms with Crippen LogP contribution in [0.15, 0.2) is 46.2 Å². The zero-order valence-corrected chi connectivity index (χ0v) is 23.3. The highest BCUT2D eigenvalue weighted by molar-refractivity contribution is 9.39. The SMILES string of the molecule is Cc1c(C(Br)(Br)Br)cccc1S(=O)(=O)c1cccc(C(Br)(Br)Br)c1C. The molecule has 0 aliphatic carbocycles. The third-order valence-corrected chi connectivity index (χ3v) is 8.36. The Kier molecular flexibility index (Phi) is 7.17. The van der Waals surface area contributed by atoms with Gasteiger partial charge in [0.25, 0.3) is 0 Å². The molecule has 25 heavy (non-hydrogen) atoms. The Labute approximate surface area is 198 Å². The minimum Gasteiger partial charge on any atom is -0.218 e. The van der Waals surface area contributed by atoms with Gasteiger partial charge in [-0.05, 0) is 48.2 Å². The van der Waals surface area contributed by atoms with Gasteiger partial charge in [0.2, 0.25) is 9.84 Å². The van der Waals surface area contributed by atoms with Gasteiger partial charge >= 0.3 is 0 Å². The molecule has 0 saturated carbocycles. The van der Waals surface area contributed by atoms with Crippen LogP contribution in [-0.2, 0) is 14.1 Å². The molecule has 9 heteroatoms. The molecule has 2 aromatic carbocycles. The summed E-state index contributed by atoms with van der Waals surface area (Å²) in [5.41, 5.74) is 2.91. The molecule has 0 amide bonds. The predicted molar refractivity (Wildman–Crippen MR) is 125 cm³/mol. The average molecular weight is 748 g/mol. The fourth-order valence-electron chi connectivity index (χ4n) is 2.54. The van der Waals surface area contributed by atoms with Crippen molar-refractivity contribution in [1.29, 1.82) is 0 Å². The van der Waals surface area contributed by atoms with Crippen molar-refractivity contribution in [2.45, 2.75) is 27.9 Å². The maximum Gasteiger partial charge on any atom is 0.207 e. The van der Waals surface area contributed by atoms with E-state index in [1.807, 2.05) is 12.1 Å². The van der Waals surface area contributed by atoms with Crippen LogP contribution < -0.4 is 0 Å². The summed E-state index contributed by atoms with van der Waals surface area (Å²) >= 11 is 20.8. The van der Waals surface area contributed by atoms with Crippen molar-refractivity contribution in [3.63, 3.8) is 0 Å². The summed E-state index contributed by atoms with van der Waals surface area (Å²) in [6.07, 6.45) is 0. The number of alkyl halides is 6. The molecule has 0 radical (unpaired) electrons. The molecule has 0 saturated heterocycles. The largest absolute Gasteiger partial charge is 0.218 e. The molecular formula is C16H12Br6O2S. The van der Waals surface area contributed by atoms with Gasteiger partial charge in [0.05, 0.1) is 9.79 Å². The Bertz CT molecular complexity index is 842. The number of sulfone groups is 1. The third-order valence-electron chi connectivity index (χ3n) is 3.76. The molecule has 2 aromatic rings. The van der Waals surface area contributed by atoms with Crippen LogP contribution in [0.3, 0.4) is 0 Å². The second-order valence-electron chi connectivity index (χ2n) is 5.36. The molecule has 0 N–H and O–H groups in total. The van der Waals surface area contributed by atoms with E-state index >= 15 is 0 Å². The van der Waals surface area contributed by atoms with Gasteiger partial charge < -0.3 is 0 Å². The topological polar surface area (TPSA) is 34.1 Å². The van der Waals surface area contributed by atoms with Gasteiger partial charge in [0, 0.05) is 0 Å². The minimum absolute atomic E-state index is 0.275. The fraction of sp³-hybridized carbons (Fsp3) is 0.250. The highest BCUT2D eigenvalue weighted by Gasteiger charge is 2.31. The minimum atomic E-state index is -3.69. The molecule has 0 aromatic heterocycles. The van der Waals surface area contributed by atoms with E-state index in [-0.39, 0.29) is 9.79 Å². The predicted octanol–water partition coefficient (Wildman–Crippen LogP) is 7.73. The molecule has 0 unspecified atom stereocenters. The maximum absolute atomic E-state index is 13.3. The van der Waals surface area contributed by atoms with Crippen LogP contribution in [0.5, 0.6) is 0 Å². The standard InChI is InChI=1S/C16H12Br6O2S/c1-9-11(15(17,18)19)5-3-7-13(9)25(23,24)14-8-4-6-12(10(14)2)16(20,21)22/h3-8H,1-2H3. The van der Waals surface area contributed by atoms with E-state index in [0.29, 0.717) is 11.1 Å². The number of halogens is 6. The van der Waals surface area contributed by atoms with Gasteiger partial charge in [-0.3, -0.25) is 0 Å². The van der Waals surface area contributed by atoms with Gasteiger partial charge in [-0.15, -0.1) is 0 Å². The first kappa shape index (κ1) is 22.6. The van der Waals surface area contributed by atoms with Crippen molar-refractivity contribution in [2.24, 2.45) is 0 Å². The zero-order chi connectivity index (χ0) is 19.2. The Hall–Kier alpha value is 1.27. The number of benzene rings is 2. The lowest BCUT2D eigenvalue weighted by molar-refractivity contribution is 0.594. The molecule has 0 heterocycles. The van der Waals surface area contributed by atoms with Gasteiger partial charge in [-0.25, -0.2) is 8.42 Å². The Morgan fingerprint density at radius 2 is 1.00 bits per heavy atom. The lowest BCUT2D eigenvalue weighted by Gasteiger charge is -2.21. The summed E-state index contributed by atoms with van der Waals surface area (Å²) in [7, 11) is -3.69. The first-order valence-corrected chi connectivity index (χ1v) is 13.1. The van der Waals surface area contributed by atoms with E-state index in [9.17, 15) is 8.42 Å². The molecule has 0 atom stereocenters. The van der Waals surface area contributed by atoms with E-state index < -0.39 is 14.1 Å². The van der Waals surface area contributed by atoms with E-state index in [2.05, 4.69) is 95.6 Å². The first-order valence-electron chi connectivity index (χ1n) is 6.86. The number of hydrogen-bond donors (Lipinski definition) is 0. The lowest BCUT2D eigenvalue weighted by atomic mass is 10.1. The summed E-state index contributed by atoms with van der Waals surface area (Å²) in [6.45, 7) is 3.59. The van der Waals surface area contributed by atoms with Crippen molar-refractivity contribution >= 4 is 105 Å².